The predicted octanol–water partition coefficient (Wildman–Crippen LogP) is 2.65. The Kier molecular flexibility index (Phi) is 4.02. The van der Waals surface area contributed by atoms with Crippen LogP contribution in [-0.4, -0.2) is 0 Å². The van der Waals surface area contributed by atoms with Crippen molar-refractivity contribution in [2.45, 2.75) is 12.7 Å². The number of alkyl halides is 3. The predicted molar refractivity (Wildman–Crippen MR) is 44.5 cm³/mol. The largest absolute Gasteiger partial charge is 0.417 e. The third-order valence-corrected chi connectivity index (χ3v) is 2.06. The fraction of sp³-hybridized carbons (Fsp3) is 0.333. The van der Waals surface area contributed by atoms with Crippen molar-refractivity contribution >= 4 is 23.7 Å². The van der Waals surface area contributed by atoms with Crippen molar-refractivity contribution in [2.24, 2.45) is 5.73 Å². The third-order valence-electron chi connectivity index (χ3n) is 1.27. The number of hydrogen-bond acceptors (Lipinski definition) is 2. The minimum absolute atomic E-state index is 0. The summed E-state index contributed by atoms with van der Waals surface area (Å²) in [6.45, 7) is -0.0572. The number of hydrogen-bond donors (Lipinski definition) is 1. The molecule has 0 radical (unpaired) electrons. The van der Waals surface area contributed by atoms with Gasteiger partial charge >= 0.3 is 6.18 Å². The highest BCUT2D eigenvalue weighted by Gasteiger charge is 2.33. The average molecular weight is 218 g/mol. The molecule has 2 N–H and O–H groups in total. The molecule has 0 aliphatic heterocycles. The average Bonchev–Trinajstić information content (AvgIpc) is 2.31. The van der Waals surface area contributed by atoms with E-state index in [1.807, 2.05) is 0 Å². The van der Waals surface area contributed by atoms with E-state index in [1.165, 1.54) is 5.38 Å². The van der Waals surface area contributed by atoms with Crippen LogP contribution in [0.3, 0.4) is 0 Å². The second-order valence-corrected chi connectivity index (χ2v) is 2.76. The number of thiophene rings is 1. The first-order valence-electron chi connectivity index (χ1n) is 2.88. The lowest BCUT2D eigenvalue weighted by molar-refractivity contribution is -0.137. The van der Waals surface area contributed by atoms with Crippen molar-refractivity contribution in [3.05, 3.63) is 21.9 Å². The van der Waals surface area contributed by atoms with Gasteiger partial charge in [-0.3, -0.25) is 0 Å². The first-order valence-corrected chi connectivity index (χ1v) is 3.82. The Morgan fingerprint density at radius 3 is 2.25 bits per heavy atom. The zero-order valence-electron chi connectivity index (χ0n) is 5.89. The molecule has 0 unspecified atom stereocenters. The topological polar surface area (TPSA) is 26.0 Å². The third kappa shape index (κ3) is 2.36. The van der Waals surface area contributed by atoms with Crippen LogP contribution in [0.5, 0.6) is 0 Å². The zero-order chi connectivity index (χ0) is 8.48. The molecule has 0 aliphatic carbocycles. The highest BCUT2D eigenvalue weighted by molar-refractivity contribution is 7.08. The Morgan fingerprint density at radius 1 is 1.33 bits per heavy atom. The molecule has 0 aromatic carbocycles. The van der Waals surface area contributed by atoms with E-state index < -0.39 is 11.7 Å². The monoisotopic (exact) mass is 217 g/mol. The van der Waals surface area contributed by atoms with Gasteiger partial charge in [-0.25, -0.2) is 0 Å². The Morgan fingerprint density at radius 2 is 1.92 bits per heavy atom. The van der Waals surface area contributed by atoms with E-state index >= 15 is 0 Å². The van der Waals surface area contributed by atoms with Gasteiger partial charge in [0.05, 0.1) is 5.56 Å². The van der Waals surface area contributed by atoms with Gasteiger partial charge in [-0.15, -0.1) is 12.4 Å². The van der Waals surface area contributed by atoms with Gasteiger partial charge in [-0.2, -0.15) is 24.5 Å². The lowest BCUT2D eigenvalue weighted by Gasteiger charge is -2.05. The molecule has 0 bridgehead atoms. The maximum absolute atomic E-state index is 12.0. The Labute approximate surface area is 77.8 Å². The summed E-state index contributed by atoms with van der Waals surface area (Å²) in [6.07, 6.45) is -4.26. The van der Waals surface area contributed by atoms with Gasteiger partial charge in [0, 0.05) is 11.9 Å². The van der Waals surface area contributed by atoms with Gasteiger partial charge in [0.25, 0.3) is 0 Å². The molecular weight excluding hydrogens is 211 g/mol. The van der Waals surface area contributed by atoms with E-state index in [-0.39, 0.29) is 24.5 Å². The molecule has 0 atom stereocenters. The molecule has 0 aliphatic rings. The smallest absolute Gasteiger partial charge is 0.326 e. The van der Waals surface area contributed by atoms with Crippen molar-refractivity contribution in [3.63, 3.8) is 0 Å². The van der Waals surface area contributed by atoms with Gasteiger partial charge in [-0.1, -0.05) is 0 Å². The van der Waals surface area contributed by atoms with Crippen LogP contribution in [0.1, 0.15) is 11.1 Å². The second-order valence-electron chi connectivity index (χ2n) is 2.01. The molecule has 1 rings (SSSR count). The van der Waals surface area contributed by atoms with Gasteiger partial charge < -0.3 is 5.73 Å². The maximum atomic E-state index is 12.0. The molecule has 0 saturated heterocycles. The number of halogens is 4. The SMILES string of the molecule is Cl.NCc1cscc1C(F)(F)F. The summed E-state index contributed by atoms with van der Waals surface area (Å²) >= 11 is 1.02. The zero-order valence-corrected chi connectivity index (χ0v) is 7.52. The molecule has 1 nitrogen and oxygen atoms in total. The van der Waals surface area contributed by atoms with E-state index in [1.54, 1.807) is 0 Å². The van der Waals surface area contributed by atoms with Crippen LogP contribution < -0.4 is 5.73 Å². The first-order chi connectivity index (χ1) is 5.05. The van der Waals surface area contributed by atoms with Crippen molar-refractivity contribution in [2.75, 3.05) is 0 Å². The number of nitrogens with two attached hydrogens (primary N) is 1. The highest BCUT2D eigenvalue weighted by atomic mass is 35.5. The summed E-state index contributed by atoms with van der Waals surface area (Å²) in [7, 11) is 0. The molecular formula is C6H7ClF3NS. The van der Waals surface area contributed by atoms with Crippen LogP contribution in [0.25, 0.3) is 0 Å². The summed E-state index contributed by atoms with van der Waals surface area (Å²) in [5, 5.41) is 2.49. The summed E-state index contributed by atoms with van der Waals surface area (Å²) < 4.78 is 36.1. The standard InChI is InChI=1S/C6H6F3NS.ClH/c7-6(8,9)5-3-11-2-4(5)1-10;/h2-3H,1,10H2;1H. The molecule has 0 fully saturated rings. The molecule has 1 aromatic heterocycles. The van der Waals surface area contributed by atoms with Crippen LogP contribution in [0.15, 0.2) is 10.8 Å². The fourth-order valence-corrected chi connectivity index (χ4v) is 1.61. The van der Waals surface area contributed by atoms with Crippen LogP contribution in [0, 0.1) is 0 Å². The summed E-state index contributed by atoms with van der Waals surface area (Å²) in [5.41, 5.74) is 4.66. The van der Waals surface area contributed by atoms with Crippen molar-refractivity contribution in [1.29, 1.82) is 0 Å². The molecule has 0 amide bonds. The molecule has 70 valence electrons. The molecule has 0 spiro atoms. The van der Waals surface area contributed by atoms with Gasteiger partial charge in [-0.05, 0) is 10.9 Å². The minimum Gasteiger partial charge on any atom is -0.326 e. The van der Waals surface area contributed by atoms with Crippen molar-refractivity contribution in [1.82, 2.24) is 0 Å². The fourth-order valence-electron chi connectivity index (χ4n) is 0.730. The molecule has 0 saturated carbocycles. The first kappa shape index (κ1) is 11.7. The summed E-state index contributed by atoms with van der Waals surface area (Å²) in [6, 6.07) is 0. The normalized spacial score (nSPS) is 11.0. The second kappa shape index (κ2) is 4.11. The van der Waals surface area contributed by atoms with Crippen LogP contribution in [-0.2, 0) is 12.7 Å². The van der Waals surface area contributed by atoms with Crippen molar-refractivity contribution in [3.8, 4) is 0 Å². The highest BCUT2D eigenvalue weighted by Crippen LogP contribution is 2.33. The van der Waals surface area contributed by atoms with Gasteiger partial charge in [0.2, 0.25) is 0 Å². The van der Waals surface area contributed by atoms with E-state index in [0.29, 0.717) is 0 Å². The maximum Gasteiger partial charge on any atom is 0.417 e. The van der Waals surface area contributed by atoms with E-state index in [2.05, 4.69) is 0 Å². The van der Waals surface area contributed by atoms with Gasteiger partial charge in [0.15, 0.2) is 0 Å². The van der Waals surface area contributed by atoms with Gasteiger partial charge in [0.1, 0.15) is 0 Å². The quantitative estimate of drug-likeness (QED) is 0.769. The van der Waals surface area contributed by atoms with E-state index in [4.69, 9.17) is 5.73 Å². The Bertz CT molecular complexity index is 245. The minimum atomic E-state index is -4.26. The Hall–Kier alpha value is -0.260. The molecule has 1 aromatic rings. The molecule has 6 heteroatoms. The summed E-state index contributed by atoms with van der Waals surface area (Å²) in [4.78, 5) is 0. The van der Waals surface area contributed by atoms with Crippen LogP contribution in [0.2, 0.25) is 0 Å². The lowest BCUT2D eigenvalue weighted by Crippen LogP contribution is -2.08. The Balaban J connectivity index is 0.00000121. The van der Waals surface area contributed by atoms with E-state index in [0.717, 1.165) is 16.7 Å². The van der Waals surface area contributed by atoms with Crippen LogP contribution in [0.4, 0.5) is 13.2 Å². The number of rotatable bonds is 1. The lowest BCUT2D eigenvalue weighted by atomic mass is 10.2. The van der Waals surface area contributed by atoms with Crippen molar-refractivity contribution < 1.29 is 13.2 Å². The molecule has 12 heavy (non-hydrogen) atoms. The van der Waals surface area contributed by atoms with E-state index in [9.17, 15) is 13.2 Å². The molecule has 1 heterocycles. The summed E-state index contributed by atoms with van der Waals surface area (Å²) in [5.74, 6) is 0. The van der Waals surface area contributed by atoms with Crippen LogP contribution >= 0.6 is 23.7 Å².